The van der Waals surface area contributed by atoms with Crippen molar-refractivity contribution in [2.75, 3.05) is 0 Å². The second kappa shape index (κ2) is 5.77. The normalized spacial score (nSPS) is 10.5. The van der Waals surface area contributed by atoms with Crippen molar-refractivity contribution in [3.63, 3.8) is 0 Å². The number of carbonyl (C=O) groups excluding carboxylic acids is 1. The summed E-state index contributed by atoms with van der Waals surface area (Å²) in [5, 5.41) is 3.68. The van der Waals surface area contributed by atoms with Gasteiger partial charge in [0.1, 0.15) is 0 Å². The van der Waals surface area contributed by atoms with E-state index in [1.807, 2.05) is 49.4 Å². The summed E-state index contributed by atoms with van der Waals surface area (Å²) in [4.78, 5) is 16.6. The molecule has 0 saturated carbocycles. The summed E-state index contributed by atoms with van der Waals surface area (Å²) >= 11 is 0. The molecule has 0 spiro atoms. The standard InChI is InChI=1S/C15H13NO2/c1-12-7-5-6-10-14(12)15(17)18-16-11-13-8-3-2-4-9-13/h2-11H,1H3. The Morgan fingerprint density at radius 2 is 1.72 bits per heavy atom. The number of rotatable bonds is 3. The third-order valence-electron chi connectivity index (χ3n) is 2.50. The van der Waals surface area contributed by atoms with Crippen LogP contribution in [0.5, 0.6) is 0 Å². The molecule has 18 heavy (non-hydrogen) atoms. The van der Waals surface area contributed by atoms with Gasteiger partial charge in [-0.25, -0.2) is 4.79 Å². The predicted molar refractivity (Wildman–Crippen MR) is 70.6 cm³/mol. The van der Waals surface area contributed by atoms with Crippen LogP contribution in [0, 0.1) is 6.92 Å². The largest absolute Gasteiger partial charge is 0.365 e. The molecule has 2 aromatic rings. The predicted octanol–water partition coefficient (Wildman–Crippen LogP) is 3.19. The van der Waals surface area contributed by atoms with E-state index in [1.54, 1.807) is 12.1 Å². The molecule has 0 radical (unpaired) electrons. The summed E-state index contributed by atoms with van der Waals surface area (Å²) in [5.74, 6) is -0.444. The molecule has 0 N–H and O–H groups in total. The number of benzene rings is 2. The highest BCUT2D eigenvalue weighted by Crippen LogP contribution is 2.08. The summed E-state index contributed by atoms with van der Waals surface area (Å²) in [6.45, 7) is 1.86. The molecule has 0 aliphatic carbocycles. The highest BCUT2D eigenvalue weighted by atomic mass is 16.7. The maximum absolute atomic E-state index is 11.7. The number of oxime groups is 1. The summed E-state index contributed by atoms with van der Waals surface area (Å²) in [7, 11) is 0. The zero-order chi connectivity index (χ0) is 12.8. The number of carbonyl (C=O) groups is 1. The Hall–Kier alpha value is -2.42. The Bertz CT molecular complexity index is 562. The second-order valence-corrected chi connectivity index (χ2v) is 3.84. The van der Waals surface area contributed by atoms with Crippen LogP contribution in [0.2, 0.25) is 0 Å². The molecular weight excluding hydrogens is 226 g/mol. The number of nitrogens with zero attached hydrogens (tertiary/aromatic N) is 1. The van der Waals surface area contributed by atoms with Crippen LogP contribution in [-0.2, 0) is 4.84 Å². The van der Waals surface area contributed by atoms with Gasteiger partial charge in [0.15, 0.2) is 0 Å². The quantitative estimate of drug-likeness (QED) is 0.468. The van der Waals surface area contributed by atoms with Gasteiger partial charge in [0, 0.05) is 0 Å². The van der Waals surface area contributed by atoms with Gasteiger partial charge in [-0.3, -0.25) is 0 Å². The van der Waals surface area contributed by atoms with Gasteiger partial charge >= 0.3 is 5.97 Å². The van der Waals surface area contributed by atoms with Gasteiger partial charge in [0.05, 0.1) is 11.8 Å². The smallest absolute Gasteiger partial charge is 0.313 e. The Labute approximate surface area is 106 Å². The van der Waals surface area contributed by atoms with E-state index < -0.39 is 5.97 Å². The molecule has 0 aromatic heterocycles. The van der Waals surface area contributed by atoms with Gasteiger partial charge in [-0.2, -0.15) is 0 Å². The molecule has 90 valence electrons. The average molecular weight is 239 g/mol. The lowest BCUT2D eigenvalue weighted by Gasteiger charge is -2.01. The van der Waals surface area contributed by atoms with Crippen molar-refractivity contribution in [2.45, 2.75) is 6.92 Å². The summed E-state index contributed by atoms with van der Waals surface area (Å²) in [5.41, 5.74) is 2.29. The molecule has 0 fully saturated rings. The lowest BCUT2D eigenvalue weighted by atomic mass is 10.1. The second-order valence-electron chi connectivity index (χ2n) is 3.84. The van der Waals surface area contributed by atoms with Crippen molar-refractivity contribution in [3.8, 4) is 0 Å². The van der Waals surface area contributed by atoms with Crippen LogP contribution in [0.25, 0.3) is 0 Å². The Morgan fingerprint density at radius 1 is 1.06 bits per heavy atom. The van der Waals surface area contributed by atoms with E-state index >= 15 is 0 Å². The first-order chi connectivity index (χ1) is 8.77. The molecule has 0 unspecified atom stereocenters. The highest BCUT2D eigenvalue weighted by Gasteiger charge is 2.08. The Morgan fingerprint density at radius 3 is 2.44 bits per heavy atom. The highest BCUT2D eigenvalue weighted by molar-refractivity contribution is 5.91. The van der Waals surface area contributed by atoms with Gasteiger partial charge in [0.25, 0.3) is 0 Å². The SMILES string of the molecule is Cc1ccccc1C(=O)ON=Cc1ccccc1. The van der Waals surface area contributed by atoms with Crippen molar-refractivity contribution in [2.24, 2.45) is 5.16 Å². The first-order valence-electron chi connectivity index (χ1n) is 5.63. The molecule has 0 atom stereocenters. The Balaban J connectivity index is 2.01. The van der Waals surface area contributed by atoms with E-state index in [9.17, 15) is 4.79 Å². The first kappa shape index (κ1) is 12.0. The van der Waals surface area contributed by atoms with Crippen molar-refractivity contribution in [1.82, 2.24) is 0 Å². The zero-order valence-corrected chi connectivity index (χ0v) is 10.0. The van der Waals surface area contributed by atoms with Crippen molar-refractivity contribution in [3.05, 3.63) is 71.3 Å². The molecule has 0 amide bonds. The number of aryl methyl sites for hydroxylation is 1. The van der Waals surface area contributed by atoms with Crippen LogP contribution >= 0.6 is 0 Å². The minimum Gasteiger partial charge on any atom is -0.313 e. The van der Waals surface area contributed by atoms with Crippen LogP contribution in [-0.4, -0.2) is 12.2 Å². The van der Waals surface area contributed by atoms with Gasteiger partial charge in [0.2, 0.25) is 0 Å². The summed E-state index contributed by atoms with van der Waals surface area (Å²) in [6, 6.07) is 16.7. The Kier molecular flexibility index (Phi) is 3.86. The van der Waals surface area contributed by atoms with E-state index in [0.29, 0.717) is 5.56 Å². The minimum atomic E-state index is -0.444. The van der Waals surface area contributed by atoms with Gasteiger partial charge in [-0.1, -0.05) is 53.7 Å². The molecule has 2 rings (SSSR count). The van der Waals surface area contributed by atoms with E-state index in [1.165, 1.54) is 6.21 Å². The third-order valence-corrected chi connectivity index (χ3v) is 2.50. The maximum Gasteiger partial charge on any atom is 0.365 e. The van der Waals surface area contributed by atoms with E-state index in [0.717, 1.165) is 11.1 Å². The third kappa shape index (κ3) is 3.04. The molecular formula is C15H13NO2. The van der Waals surface area contributed by atoms with E-state index in [4.69, 9.17) is 4.84 Å². The van der Waals surface area contributed by atoms with Crippen LogP contribution in [0.15, 0.2) is 59.8 Å². The molecule has 0 aliphatic heterocycles. The fourth-order valence-electron chi connectivity index (χ4n) is 1.53. The van der Waals surface area contributed by atoms with Crippen LogP contribution in [0.3, 0.4) is 0 Å². The topological polar surface area (TPSA) is 38.7 Å². The van der Waals surface area contributed by atoms with E-state index in [2.05, 4.69) is 5.16 Å². The fraction of sp³-hybridized carbons (Fsp3) is 0.0667. The average Bonchev–Trinajstić information content (AvgIpc) is 2.40. The van der Waals surface area contributed by atoms with Crippen molar-refractivity contribution >= 4 is 12.2 Å². The number of hydrogen-bond donors (Lipinski definition) is 0. The molecule has 2 aromatic carbocycles. The monoisotopic (exact) mass is 239 g/mol. The van der Waals surface area contributed by atoms with Crippen LogP contribution < -0.4 is 0 Å². The summed E-state index contributed by atoms with van der Waals surface area (Å²) < 4.78 is 0. The van der Waals surface area contributed by atoms with Gasteiger partial charge in [-0.15, -0.1) is 0 Å². The van der Waals surface area contributed by atoms with Crippen molar-refractivity contribution in [1.29, 1.82) is 0 Å². The van der Waals surface area contributed by atoms with E-state index in [-0.39, 0.29) is 0 Å². The van der Waals surface area contributed by atoms with Gasteiger partial charge < -0.3 is 4.84 Å². The maximum atomic E-state index is 11.7. The van der Waals surface area contributed by atoms with Crippen LogP contribution in [0.1, 0.15) is 21.5 Å². The molecule has 0 bridgehead atoms. The molecule has 0 saturated heterocycles. The molecule has 3 nitrogen and oxygen atoms in total. The number of hydrogen-bond acceptors (Lipinski definition) is 3. The molecule has 0 heterocycles. The lowest BCUT2D eigenvalue weighted by molar-refractivity contribution is 0.0518. The lowest BCUT2D eigenvalue weighted by Crippen LogP contribution is -2.03. The molecule has 3 heteroatoms. The first-order valence-corrected chi connectivity index (χ1v) is 5.63. The molecule has 0 aliphatic rings. The summed E-state index contributed by atoms with van der Waals surface area (Å²) in [6.07, 6.45) is 1.51. The zero-order valence-electron chi connectivity index (χ0n) is 10.0. The van der Waals surface area contributed by atoms with Crippen molar-refractivity contribution < 1.29 is 9.63 Å². The minimum absolute atomic E-state index is 0.444. The van der Waals surface area contributed by atoms with Crippen LogP contribution in [0.4, 0.5) is 0 Å². The van der Waals surface area contributed by atoms with Gasteiger partial charge in [-0.05, 0) is 24.1 Å². The fourth-order valence-corrected chi connectivity index (χ4v) is 1.53.